The maximum absolute atomic E-state index is 11.9. The standard InChI is InChI=1S/C12H22O3S2/c1-8(2)17-10(7-16-9(3)13)11(14)15-12(4,5)6/h8,10H,7H2,1-6H3. The van der Waals surface area contributed by atoms with Crippen LogP contribution in [-0.4, -0.2) is 32.9 Å². The third kappa shape index (κ3) is 9.53. The molecule has 0 fully saturated rings. The SMILES string of the molecule is CC(=O)SCC(SC(C)C)C(=O)OC(C)(C)C. The number of carbonyl (C=O) groups is 2. The molecule has 0 rings (SSSR count). The summed E-state index contributed by atoms with van der Waals surface area (Å²) in [6.45, 7) is 11.1. The summed E-state index contributed by atoms with van der Waals surface area (Å²) in [6, 6.07) is 0. The second-order valence-corrected chi connectivity index (χ2v) is 7.99. The first-order valence-corrected chi connectivity index (χ1v) is 7.56. The zero-order valence-corrected chi connectivity index (χ0v) is 13.0. The molecule has 0 heterocycles. The number of hydrogen-bond acceptors (Lipinski definition) is 5. The Balaban J connectivity index is 4.45. The van der Waals surface area contributed by atoms with E-state index in [2.05, 4.69) is 0 Å². The highest BCUT2D eigenvalue weighted by Gasteiger charge is 2.26. The van der Waals surface area contributed by atoms with Crippen molar-refractivity contribution >= 4 is 34.6 Å². The Hall–Kier alpha value is -0.160. The van der Waals surface area contributed by atoms with Crippen LogP contribution in [0.4, 0.5) is 0 Å². The first-order chi connectivity index (χ1) is 7.61. The molecule has 0 saturated carbocycles. The van der Waals surface area contributed by atoms with Crippen LogP contribution in [0.1, 0.15) is 41.5 Å². The van der Waals surface area contributed by atoms with Crippen molar-refractivity contribution in [2.24, 2.45) is 0 Å². The van der Waals surface area contributed by atoms with Gasteiger partial charge in [0.15, 0.2) is 5.12 Å². The molecule has 0 radical (unpaired) electrons. The van der Waals surface area contributed by atoms with Gasteiger partial charge in [-0.25, -0.2) is 0 Å². The molecule has 1 atom stereocenters. The Morgan fingerprint density at radius 1 is 1.24 bits per heavy atom. The quantitative estimate of drug-likeness (QED) is 0.723. The molecule has 1 unspecified atom stereocenters. The number of rotatable bonds is 5. The molecule has 0 aliphatic carbocycles. The summed E-state index contributed by atoms with van der Waals surface area (Å²) < 4.78 is 5.35. The third-order valence-corrected chi connectivity index (χ3v) is 3.89. The van der Waals surface area contributed by atoms with Crippen molar-refractivity contribution < 1.29 is 14.3 Å². The van der Waals surface area contributed by atoms with Crippen molar-refractivity contribution in [1.29, 1.82) is 0 Å². The monoisotopic (exact) mass is 278 g/mol. The van der Waals surface area contributed by atoms with Crippen molar-refractivity contribution in [2.45, 2.75) is 57.6 Å². The minimum absolute atomic E-state index is 0.0305. The second kappa shape index (κ2) is 7.31. The van der Waals surface area contributed by atoms with Gasteiger partial charge in [0.2, 0.25) is 0 Å². The average Bonchev–Trinajstić information content (AvgIpc) is 2.08. The lowest BCUT2D eigenvalue weighted by molar-refractivity contribution is -0.153. The summed E-state index contributed by atoms with van der Waals surface area (Å²) in [5, 5.41) is 0.0890. The molecule has 100 valence electrons. The smallest absolute Gasteiger partial charge is 0.320 e. The number of hydrogen-bond donors (Lipinski definition) is 0. The van der Waals surface area contributed by atoms with E-state index in [1.54, 1.807) is 11.8 Å². The molecule has 0 aromatic heterocycles. The van der Waals surface area contributed by atoms with Gasteiger partial charge in [0.1, 0.15) is 10.9 Å². The lowest BCUT2D eigenvalue weighted by Gasteiger charge is -2.24. The van der Waals surface area contributed by atoms with Crippen LogP contribution < -0.4 is 0 Å². The van der Waals surface area contributed by atoms with E-state index in [0.717, 1.165) is 0 Å². The molecular formula is C12H22O3S2. The van der Waals surface area contributed by atoms with E-state index in [1.165, 1.54) is 18.7 Å². The van der Waals surface area contributed by atoms with Crippen molar-refractivity contribution in [3.63, 3.8) is 0 Å². The van der Waals surface area contributed by atoms with E-state index in [0.29, 0.717) is 11.0 Å². The Morgan fingerprint density at radius 3 is 2.12 bits per heavy atom. The number of ether oxygens (including phenoxy) is 1. The lowest BCUT2D eigenvalue weighted by atomic mass is 10.2. The molecular weight excluding hydrogens is 256 g/mol. The van der Waals surface area contributed by atoms with Gasteiger partial charge in [-0.15, -0.1) is 11.8 Å². The lowest BCUT2D eigenvalue weighted by Crippen LogP contribution is -2.32. The van der Waals surface area contributed by atoms with Crippen LogP contribution in [0.25, 0.3) is 0 Å². The molecule has 0 aromatic carbocycles. The molecule has 0 amide bonds. The highest BCUT2D eigenvalue weighted by molar-refractivity contribution is 8.14. The second-order valence-electron chi connectivity index (χ2n) is 5.01. The molecule has 3 nitrogen and oxygen atoms in total. The largest absolute Gasteiger partial charge is 0.459 e. The van der Waals surface area contributed by atoms with Gasteiger partial charge in [0.25, 0.3) is 0 Å². The fourth-order valence-corrected chi connectivity index (χ4v) is 2.91. The van der Waals surface area contributed by atoms with E-state index in [1.807, 2.05) is 34.6 Å². The Morgan fingerprint density at radius 2 is 1.76 bits per heavy atom. The fourth-order valence-electron chi connectivity index (χ4n) is 1.05. The van der Waals surface area contributed by atoms with Gasteiger partial charge in [0.05, 0.1) is 0 Å². The average molecular weight is 278 g/mol. The summed E-state index contributed by atoms with van der Waals surface area (Å²) in [6.07, 6.45) is 0. The molecule has 0 bridgehead atoms. The Bertz CT molecular complexity index is 269. The minimum Gasteiger partial charge on any atom is -0.459 e. The summed E-state index contributed by atoms with van der Waals surface area (Å²) >= 11 is 2.72. The fraction of sp³-hybridized carbons (Fsp3) is 0.833. The van der Waals surface area contributed by atoms with E-state index >= 15 is 0 Å². The van der Waals surface area contributed by atoms with Gasteiger partial charge >= 0.3 is 5.97 Å². The van der Waals surface area contributed by atoms with Crippen LogP contribution in [0.2, 0.25) is 0 Å². The number of thioether (sulfide) groups is 2. The first kappa shape index (κ1) is 16.8. The van der Waals surface area contributed by atoms with Crippen LogP contribution in [0.3, 0.4) is 0 Å². The highest BCUT2D eigenvalue weighted by atomic mass is 32.2. The van der Waals surface area contributed by atoms with Crippen molar-refractivity contribution in [1.82, 2.24) is 0 Å². The molecule has 17 heavy (non-hydrogen) atoms. The summed E-state index contributed by atoms with van der Waals surface area (Å²) in [5.74, 6) is 0.248. The summed E-state index contributed by atoms with van der Waals surface area (Å²) in [5.41, 5.74) is -0.478. The summed E-state index contributed by atoms with van der Waals surface area (Å²) in [4.78, 5) is 22.9. The van der Waals surface area contributed by atoms with Crippen LogP contribution >= 0.6 is 23.5 Å². The summed E-state index contributed by atoms with van der Waals surface area (Å²) in [7, 11) is 0. The molecule has 0 aliphatic rings. The van der Waals surface area contributed by atoms with Gasteiger partial charge in [0, 0.05) is 12.7 Å². The van der Waals surface area contributed by atoms with Crippen LogP contribution in [0, 0.1) is 0 Å². The Kier molecular flexibility index (Phi) is 7.24. The molecule has 0 aromatic rings. The molecule has 0 spiro atoms. The van der Waals surface area contributed by atoms with E-state index in [4.69, 9.17) is 4.74 Å². The van der Waals surface area contributed by atoms with Gasteiger partial charge in [-0.05, 0) is 26.0 Å². The highest BCUT2D eigenvalue weighted by Crippen LogP contribution is 2.24. The van der Waals surface area contributed by atoms with E-state index in [9.17, 15) is 9.59 Å². The number of esters is 1. The normalized spacial score (nSPS) is 13.6. The first-order valence-electron chi connectivity index (χ1n) is 5.63. The van der Waals surface area contributed by atoms with Crippen LogP contribution in [0.15, 0.2) is 0 Å². The van der Waals surface area contributed by atoms with E-state index < -0.39 is 5.60 Å². The van der Waals surface area contributed by atoms with Crippen LogP contribution in [0.5, 0.6) is 0 Å². The Labute approximate surface area is 112 Å². The predicted molar refractivity (Wildman–Crippen MR) is 75.5 cm³/mol. The zero-order valence-electron chi connectivity index (χ0n) is 11.4. The van der Waals surface area contributed by atoms with Crippen molar-refractivity contribution in [2.75, 3.05) is 5.75 Å². The molecule has 0 N–H and O–H groups in total. The predicted octanol–water partition coefficient (Wildman–Crippen LogP) is 3.12. The number of carbonyl (C=O) groups excluding carboxylic acids is 2. The van der Waals surface area contributed by atoms with E-state index in [-0.39, 0.29) is 16.3 Å². The molecule has 0 saturated heterocycles. The zero-order chi connectivity index (χ0) is 13.6. The van der Waals surface area contributed by atoms with Crippen LogP contribution in [-0.2, 0) is 14.3 Å². The topological polar surface area (TPSA) is 43.4 Å². The van der Waals surface area contributed by atoms with Crippen molar-refractivity contribution in [3.8, 4) is 0 Å². The third-order valence-electron chi connectivity index (χ3n) is 1.54. The molecule has 5 heteroatoms. The molecule has 0 aliphatic heterocycles. The van der Waals surface area contributed by atoms with Gasteiger partial charge in [-0.1, -0.05) is 25.6 Å². The van der Waals surface area contributed by atoms with Gasteiger partial charge in [-0.3, -0.25) is 9.59 Å². The van der Waals surface area contributed by atoms with Crippen molar-refractivity contribution in [3.05, 3.63) is 0 Å². The van der Waals surface area contributed by atoms with Gasteiger partial charge in [-0.2, -0.15) is 0 Å². The minimum atomic E-state index is -0.478. The van der Waals surface area contributed by atoms with Gasteiger partial charge < -0.3 is 4.74 Å². The maximum Gasteiger partial charge on any atom is 0.320 e. The maximum atomic E-state index is 11.9.